The Balaban J connectivity index is 4.54. The number of phosphoric ester groups is 1. The maximum absolute atomic E-state index is 12.4. The Hall–Kier alpha value is -1.15. The minimum Gasteiger partial charge on any atom is -0.370 e. The summed E-state index contributed by atoms with van der Waals surface area (Å²) in [6, 6.07) is -1.04. The zero-order valence-electron chi connectivity index (χ0n) is 20.2. The van der Waals surface area contributed by atoms with Crippen molar-refractivity contribution in [3.05, 3.63) is 0 Å². The van der Waals surface area contributed by atoms with Gasteiger partial charge in [-0.2, -0.15) is 0 Å². The van der Waals surface area contributed by atoms with Crippen LogP contribution in [0.4, 0.5) is 0 Å². The van der Waals surface area contributed by atoms with Gasteiger partial charge in [0.2, 0.25) is 0 Å². The molecule has 0 aromatic rings. The van der Waals surface area contributed by atoms with E-state index in [1.165, 1.54) is 25.7 Å². The Bertz CT molecular complexity index is 558. The second-order valence-corrected chi connectivity index (χ2v) is 9.75. The Kier molecular flexibility index (Phi) is 18.6. The van der Waals surface area contributed by atoms with E-state index in [-0.39, 0.29) is 12.4 Å². The van der Waals surface area contributed by atoms with Crippen molar-refractivity contribution in [3.8, 4) is 0 Å². The predicted octanol–water partition coefficient (Wildman–Crippen LogP) is 4.51. The van der Waals surface area contributed by atoms with Gasteiger partial charge in [-0.1, -0.05) is 84.5 Å². The first-order chi connectivity index (χ1) is 15.2. The average Bonchev–Trinajstić information content (AvgIpc) is 2.72. The highest BCUT2D eigenvalue weighted by Crippen LogP contribution is 2.46. The van der Waals surface area contributed by atoms with Crippen molar-refractivity contribution in [3.63, 3.8) is 0 Å². The number of guanidine groups is 1. The Labute approximate surface area is 194 Å². The lowest BCUT2D eigenvalue weighted by molar-refractivity contribution is -0.138. The highest BCUT2D eigenvalue weighted by Gasteiger charge is 2.32. The second kappa shape index (κ2) is 19.3. The van der Waals surface area contributed by atoms with Crippen molar-refractivity contribution in [2.45, 2.75) is 122 Å². The fourth-order valence-corrected chi connectivity index (χ4v) is 4.40. The third-order valence-electron chi connectivity index (χ3n) is 5.27. The molecule has 0 spiro atoms. The van der Waals surface area contributed by atoms with Crippen molar-refractivity contribution >= 4 is 19.8 Å². The zero-order valence-corrected chi connectivity index (χ0v) is 21.1. The molecule has 3 atom stereocenters. The monoisotopic (exact) mass is 478 g/mol. The van der Waals surface area contributed by atoms with Crippen LogP contribution in [0.5, 0.6) is 0 Å². The molecule has 0 aromatic heterocycles. The van der Waals surface area contributed by atoms with Crippen LogP contribution in [0.2, 0.25) is 0 Å². The number of phosphoric acid groups is 1. The highest BCUT2D eigenvalue weighted by molar-refractivity contribution is 7.48. The van der Waals surface area contributed by atoms with Gasteiger partial charge < -0.3 is 21.7 Å². The number of nitrogens with two attached hydrogens (primary N) is 3. The molecular formula is C22H47N4O5P. The number of rotatable bonds is 21. The first kappa shape index (κ1) is 30.9. The molecule has 7 N–H and O–H groups in total. The van der Waals surface area contributed by atoms with Crippen LogP contribution in [-0.2, 0) is 18.4 Å². The molecule has 0 fully saturated rings. The van der Waals surface area contributed by atoms with Gasteiger partial charge in [-0.3, -0.25) is 14.4 Å². The molecule has 10 heteroatoms. The Morgan fingerprint density at radius 3 is 1.91 bits per heavy atom. The van der Waals surface area contributed by atoms with E-state index >= 15 is 0 Å². The van der Waals surface area contributed by atoms with Crippen molar-refractivity contribution in [1.82, 2.24) is 0 Å². The summed E-state index contributed by atoms with van der Waals surface area (Å²) < 4.78 is 22.6. The summed E-state index contributed by atoms with van der Waals surface area (Å²) in [5, 5.41) is 0. The van der Waals surface area contributed by atoms with Crippen molar-refractivity contribution < 1.29 is 23.3 Å². The SMILES string of the molecule is CCCCCCCCCC(CCCCCC)OP(=O)(O)OC(=O)C(N)CCCN=C(N)N. The van der Waals surface area contributed by atoms with Gasteiger partial charge in [0, 0.05) is 6.54 Å². The smallest absolute Gasteiger partial charge is 0.370 e. The molecule has 190 valence electrons. The molecule has 0 amide bonds. The molecule has 0 radical (unpaired) electrons. The van der Waals surface area contributed by atoms with Crippen molar-refractivity contribution in [2.75, 3.05) is 6.54 Å². The number of aliphatic imine (C=N–C) groups is 1. The average molecular weight is 479 g/mol. The highest BCUT2D eigenvalue weighted by atomic mass is 31.2. The van der Waals surface area contributed by atoms with Crippen LogP contribution < -0.4 is 17.2 Å². The van der Waals surface area contributed by atoms with Crippen LogP contribution in [0.15, 0.2) is 4.99 Å². The Morgan fingerprint density at radius 2 is 1.38 bits per heavy atom. The van der Waals surface area contributed by atoms with Crippen LogP contribution in [0.1, 0.15) is 110 Å². The fourth-order valence-electron chi connectivity index (χ4n) is 3.41. The molecule has 0 saturated carbocycles. The van der Waals surface area contributed by atoms with E-state index < -0.39 is 25.9 Å². The minimum absolute atomic E-state index is 0.0413. The molecule has 0 aliphatic rings. The summed E-state index contributed by atoms with van der Waals surface area (Å²) in [6.07, 6.45) is 13.9. The maximum Gasteiger partial charge on any atom is 0.529 e. The summed E-state index contributed by atoms with van der Waals surface area (Å²) in [4.78, 5) is 26.0. The van der Waals surface area contributed by atoms with E-state index in [0.29, 0.717) is 25.8 Å². The van der Waals surface area contributed by atoms with Gasteiger partial charge in [-0.05, 0) is 25.7 Å². The topological polar surface area (TPSA) is 163 Å². The van der Waals surface area contributed by atoms with Crippen LogP contribution in [0, 0.1) is 0 Å². The van der Waals surface area contributed by atoms with Crippen molar-refractivity contribution in [1.29, 1.82) is 0 Å². The lowest BCUT2D eigenvalue weighted by Crippen LogP contribution is -2.32. The number of hydrogen-bond acceptors (Lipinski definition) is 6. The molecule has 0 aliphatic heterocycles. The number of carbonyl (C=O) groups excluding carboxylic acids is 1. The molecule has 0 saturated heterocycles. The lowest BCUT2D eigenvalue weighted by Gasteiger charge is -2.21. The van der Waals surface area contributed by atoms with Gasteiger partial charge >= 0.3 is 13.8 Å². The number of hydrogen-bond donors (Lipinski definition) is 4. The van der Waals surface area contributed by atoms with Crippen LogP contribution >= 0.6 is 7.82 Å². The second-order valence-electron chi connectivity index (χ2n) is 8.42. The summed E-state index contributed by atoms with van der Waals surface area (Å²) >= 11 is 0. The van der Waals surface area contributed by atoms with Gasteiger partial charge in [-0.15, -0.1) is 0 Å². The minimum atomic E-state index is -4.54. The summed E-state index contributed by atoms with van der Waals surface area (Å²) in [6.45, 7) is 4.64. The fraction of sp³-hybridized carbons (Fsp3) is 0.909. The summed E-state index contributed by atoms with van der Waals surface area (Å²) in [7, 11) is -4.54. The Morgan fingerprint density at radius 1 is 0.875 bits per heavy atom. The number of unbranched alkanes of at least 4 members (excludes halogenated alkanes) is 9. The largest absolute Gasteiger partial charge is 0.529 e. The lowest BCUT2D eigenvalue weighted by atomic mass is 10.0. The van der Waals surface area contributed by atoms with Crippen molar-refractivity contribution in [2.24, 2.45) is 22.2 Å². The van der Waals surface area contributed by atoms with Gasteiger partial charge in [0.1, 0.15) is 6.04 Å². The number of nitrogens with zero attached hydrogens (tertiary/aromatic N) is 1. The van der Waals surface area contributed by atoms with Gasteiger partial charge in [0.15, 0.2) is 5.96 Å². The summed E-state index contributed by atoms with van der Waals surface area (Å²) in [5.74, 6) is -0.999. The van der Waals surface area contributed by atoms with E-state index in [1.807, 2.05) is 0 Å². The third kappa shape index (κ3) is 18.4. The van der Waals surface area contributed by atoms with E-state index in [9.17, 15) is 14.3 Å². The van der Waals surface area contributed by atoms with Crippen LogP contribution in [-0.4, -0.2) is 35.5 Å². The van der Waals surface area contributed by atoms with Crippen LogP contribution in [0.3, 0.4) is 0 Å². The van der Waals surface area contributed by atoms with Gasteiger partial charge in [-0.25, -0.2) is 9.36 Å². The summed E-state index contributed by atoms with van der Waals surface area (Å²) in [5.41, 5.74) is 16.2. The standard InChI is InChI=1S/C22H47N4O5P/c1-3-5-7-9-10-11-13-16-19(15-12-8-6-4-2)30-32(28,29)31-21(27)20(23)17-14-18-26-22(24)25/h19-20H,3-18,23H2,1-2H3,(H,28,29)(H4,24,25,26). The molecule has 0 aromatic carbocycles. The molecule has 0 bridgehead atoms. The molecule has 0 rings (SSSR count). The molecule has 32 heavy (non-hydrogen) atoms. The predicted molar refractivity (Wildman–Crippen MR) is 130 cm³/mol. The first-order valence-corrected chi connectivity index (χ1v) is 13.8. The van der Waals surface area contributed by atoms with E-state index in [1.54, 1.807) is 0 Å². The third-order valence-corrected chi connectivity index (χ3v) is 6.24. The maximum atomic E-state index is 12.4. The normalized spacial score (nSPS) is 15.0. The van der Waals surface area contributed by atoms with E-state index in [0.717, 1.165) is 44.9 Å². The molecule has 9 nitrogen and oxygen atoms in total. The number of carbonyl (C=O) groups is 1. The van der Waals surface area contributed by atoms with Gasteiger partial charge in [0.25, 0.3) is 0 Å². The first-order valence-electron chi connectivity index (χ1n) is 12.3. The molecule has 0 heterocycles. The molecular weight excluding hydrogens is 431 g/mol. The molecule has 0 aliphatic carbocycles. The van der Waals surface area contributed by atoms with Crippen LogP contribution in [0.25, 0.3) is 0 Å². The van der Waals surface area contributed by atoms with E-state index in [2.05, 4.69) is 18.8 Å². The van der Waals surface area contributed by atoms with E-state index in [4.69, 9.17) is 26.2 Å². The molecule has 3 unspecified atom stereocenters. The van der Waals surface area contributed by atoms with Gasteiger partial charge in [0.05, 0.1) is 6.10 Å². The zero-order chi connectivity index (χ0) is 24.2. The quantitative estimate of drug-likeness (QED) is 0.0810.